The molecular formula is C16H22N2O2. The summed E-state index contributed by atoms with van der Waals surface area (Å²) >= 11 is 0. The first-order valence-electron chi connectivity index (χ1n) is 7.60. The van der Waals surface area contributed by atoms with Crippen LogP contribution in [0.25, 0.3) is 0 Å². The number of amides is 2. The molecule has 1 aromatic rings. The molecule has 1 fully saturated rings. The first-order chi connectivity index (χ1) is 9.83. The van der Waals surface area contributed by atoms with E-state index >= 15 is 0 Å². The Morgan fingerprint density at radius 1 is 1.25 bits per heavy atom. The van der Waals surface area contributed by atoms with E-state index in [0.29, 0.717) is 6.54 Å². The minimum Gasteiger partial charge on any atom is -0.376 e. The number of rotatable bonds is 3. The van der Waals surface area contributed by atoms with Gasteiger partial charge in [0.25, 0.3) is 0 Å². The molecule has 0 spiro atoms. The molecule has 1 heterocycles. The zero-order valence-corrected chi connectivity index (χ0v) is 11.8. The van der Waals surface area contributed by atoms with Crippen LogP contribution in [0.5, 0.6) is 0 Å². The summed E-state index contributed by atoms with van der Waals surface area (Å²) < 4.78 is 5.50. The van der Waals surface area contributed by atoms with Crippen LogP contribution in [-0.2, 0) is 17.6 Å². The van der Waals surface area contributed by atoms with Gasteiger partial charge in [0.05, 0.1) is 6.10 Å². The highest BCUT2D eigenvalue weighted by Gasteiger charge is 2.17. The van der Waals surface area contributed by atoms with Gasteiger partial charge in [-0.2, -0.15) is 0 Å². The minimum atomic E-state index is -0.125. The van der Waals surface area contributed by atoms with Gasteiger partial charge in [-0.25, -0.2) is 4.79 Å². The summed E-state index contributed by atoms with van der Waals surface area (Å²) in [6.45, 7) is 1.42. The Balaban J connectivity index is 1.58. The van der Waals surface area contributed by atoms with Crippen molar-refractivity contribution in [3.05, 3.63) is 29.3 Å². The Kier molecular flexibility index (Phi) is 4.21. The van der Waals surface area contributed by atoms with Crippen LogP contribution in [0, 0.1) is 0 Å². The topological polar surface area (TPSA) is 50.4 Å². The van der Waals surface area contributed by atoms with E-state index in [4.69, 9.17) is 4.74 Å². The fraction of sp³-hybridized carbons (Fsp3) is 0.562. The second kappa shape index (κ2) is 6.27. The Morgan fingerprint density at radius 2 is 2.15 bits per heavy atom. The lowest BCUT2D eigenvalue weighted by Crippen LogP contribution is -2.35. The fourth-order valence-electron chi connectivity index (χ4n) is 3.08. The Bertz CT molecular complexity index is 481. The molecular weight excluding hydrogens is 252 g/mol. The molecule has 0 bridgehead atoms. The number of hydrogen-bond acceptors (Lipinski definition) is 2. The average Bonchev–Trinajstić information content (AvgIpc) is 2.99. The third kappa shape index (κ3) is 3.12. The molecule has 2 N–H and O–H groups in total. The second-order valence-corrected chi connectivity index (χ2v) is 5.62. The molecule has 4 nitrogen and oxygen atoms in total. The van der Waals surface area contributed by atoms with Crippen LogP contribution < -0.4 is 10.6 Å². The SMILES string of the molecule is O=C(NCC1CCCO1)Nc1cccc2c1CCCC2. The van der Waals surface area contributed by atoms with Gasteiger partial charge in [0.15, 0.2) is 0 Å². The molecule has 0 saturated carbocycles. The largest absolute Gasteiger partial charge is 0.376 e. The van der Waals surface area contributed by atoms with Crippen molar-refractivity contribution in [1.82, 2.24) is 5.32 Å². The van der Waals surface area contributed by atoms with E-state index < -0.39 is 0 Å². The van der Waals surface area contributed by atoms with Gasteiger partial charge in [-0.3, -0.25) is 0 Å². The number of urea groups is 1. The van der Waals surface area contributed by atoms with E-state index in [-0.39, 0.29) is 12.1 Å². The van der Waals surface area contributed by atoms with Crippen molar-refractivity contribution in [3.8, 4) is 0 Å². The maximum atomic E-state index is 12.0. The van der Waals surface area contributed by atoms with Crippen molar-refractivity contribution in [2.45, 2.75) is 44.6 Å². The van der Waals surface area contributed by atoms with E-state index in [2.05, 4.69) is 16.7 Å². The van der Waals surface area contributed by atoms with E-state index in [1.165, 1.54) is 24.0 Å². The van der Waals surface area contributed by atoms with E-state index in [0.717, 1.165) is 38.0 Å². The molecule has 2 amide bonds. The Hall–Kier alpha value is -1.55. The van der Waals surface area contributed by atoms with Gasteiger partial charge in [0.1, 0.15) is 0 Å². The quantitative estimate of drug-likeness (QED) is 0.890. The van der Waals surface area contributed by atoms with Crippen molar-refractivity contribution in [2.24, 2.45) is 0 Å². The van der Waals surface area contributed by atoms with Gasteiger partial charge in [-0.1, -0.05) is 12.1 Å². The van der Waals surface area contributed by atoms with Crippen LogP contribution in [0.1, 0.15) is 36.8 Å². The molecule has 1 aliphatic heterocycles. The predicted molar refractivity (Wildman–Crippen MR) is 79.1 cm³/mol. The van der Waals surface area contributed by atoms with Gasteiger partial charge in [-0.15, -0.1) is 0 Å². The van der Waals surface area contributed by atoms with Crippen molar-refractivity contribution < 1.29 is 9.53 Å². The number of hydrogen-bond donors (Lipinski definition) is 2. The molecule has 4 heteroatoms. The molecule has 20 heavy (non-hydrogen) atoms. The number of nitrogens with one attached hydrogen (secondary N) is 2. The summed E-state index contributed by atoms with van der Waals surface area (Å²) in [6, 6.07) is 6.07. The number of benzene rings is 1. The van der Waals surface area contributed by atoms with Gasteiger partial charge in [-0.05, 0) is 55.7 Å². The van der Waals surface area contributed by atoms with Crippen LogP contribution in [-0.4, -0.2) is 25.3 Å². The van der Waals surface area contributed by atoms with Gasteiger partial charge >= 0.3 is 6.03 Å². The van der Waals surface area contributed by atoms with E-state index in [1.807, 2.05) is 12.1 Å². The third-order valence-electron chi connectivity index (χ3n) is 4.16. The molecule has 1 aromatic carbocycles. The summed E-state index contributed by atoms with van der Waals surface area (Å²) in [7, 11) is 0. The van der Waals surface area contributed by atoms with E-state index in [9.17, 15) is 4.79 Å². The van der Waals surface area contributed by atoms with Crippen molar-refractivity contribution >= 4 is 11.7 Å². The molecule has 1 atom stereocenters. The number of fused-ring (bicyclic) bond motifs is 1. The molecule has 2 aliphatic rings. The lowest BCUT2D eigenvalue weighted by Gasteiger charge is -2.20. The molecule has 0 radical (unpaired) electrons. The van der Waals surface area contributed by atoms with Gasteiger partial charge in [0.2, 0.25) is 0 Å². The number of carbonyl (C=O) groups excluding carboxylic acids is 1. The minimum absolute atomic E-state index is 0.125. The zero-order valence-electron chi connectivity index (χ0n) is 11.8. The van der Waals surface area contributed by atoms with Gasteiger partial charge in [0, 0.05) is 18.8 Å². The van der Waals surface area contributed by atoms with Crippen LogP contribution in [0.4, 0.5) is 10.5 Å². The summed E-state index contributed by atoms with van der Waals surface area (Å²) in [4.78, 5) is 12.0. The first-order valence-corrected chi connectivity index (χ1v) is 7.60. The summed E-state index contributed by atoms with van der Waals surface area (Å²) in [5.41, 5.74) is 3.66. The third-order valence-corrected chi connectivity index (χ3v) is 4.16. The summed E-state index contributed by atoms with van der Waals surface area (Å²) in [5, 5.41) is 5.89. The zero-order chi connectivity index (χ0) is 13.8. The molecule has 3 rings (SSSR count). The molecule has 1 saturated heterocycles. The lowest BCUT2D eigenvalue weighted by molar-refractivity contribution is 0.112. The Morgan fingerprint density at radius 3 is 3.00 bits per heavy atom. The number of anilines is 1. The molecule has 1 unspecified atom stereocenters. The average molecular weight is 274 g/mol. The maximum Gasteiger partial charge on any atom is 0.319 e. The predicted octanol–water partition coefficient (Wildman–Crippen LogP) is 2.87. The van der Waals surface area contributed by atoms with E-state index in [1.54, 1.807) is 0 Å². The number of ether oxygens (including phenoxy) is 1. The maximum absolute atomic E-state index is 12.0. The number of aryl methyl sites for hydroxylation is 1. The highest BCUT2D eigenvalue weighted by molar-refractivity contribution is 5.90. The summed E-state index contributed by atoms with van der Waals surface area (Å²) in [5.74, 6) is 0. The smallest absolute Gasteiger partial charge is 0.319 e. The van der Waals surface area contributed by atoms with Gasteiger partial charge < -0.3 is 15.4 Å². The van der Waals surface area contributed by atoms with Crippen molar-refractivity contribution in [1.29, 1.82) is 0 Å². The normalized spacial score (nSPS) is 21.3. The lowest BCUT2D eigenvalue weighted by atomic mass is 9.90. The standard InChI is InChI=1S/C16H22N2O2/c19-16(17-11-13-7-4-10-20-13)18-15-9-3-6-12-5-1-2-8-14(12)15/h3,6,9,13H,1-2,4-5,7-8,10-11H2,(H2,17,18,19). The van der Waals surface area contributed by atoms with Crippen LogP contribution in [0.3, 0.4) is 0 Å². The van der Waals surface area contributed by atoms with Crippen molar-refractivity contribution in [3.63, 3.8) is 0 Å². The highest BCUT2D eigenvalue weighted by Crippen LogP contribution is 2.27. The Labute approximate surface area is 119 Å². The van der Waals surface area contributed by atoms with Crippen LogP contribution in [0.2, 0.25) is 0 Å². The van der Waals surface area contributed by atoms with Crippen molar-refractivity contribution in [2.75, 3.05) is 18.5 Å². The molecule has 108 valence electrons. The molecule has 0 aromatic heterocycles. The molecule has 1 aliphatic carbocycles. The van der Waals surface area contributed by atoms with Crippen LogP contribution >= 0.6 is 0 Å². The number of carbonyl (C=O) groups is 1. The second-order valence-electron chi connectivity index (χ2n) is 5.62. The highest BCUT2D eigenvalue weighted by atomic mass is 16.5. The summed E-state index contributed by atoms with van der Waals surface area (Å²) in [6.07, 6.45) is 6.98. The van der Waals surface area contributed by atoms with Crippen LogP contribution in [0.15, 0.2) is 18.2 Å². The first kappa shape index (κ1) is 13.4. The monoisotopic (exact) mass is 274 g/mol. The fourth-order valence-corrected chi connectivity index (χ4v) is 3.08.